The largest absolute Gasteiger partial charge is 0.154 e. The summed E-state index contributed by atoms with van der Waals surface area (Å²) in [6, 6.07) is 34.7. The standard InChI is InChI=1S/C29H26.C17H16N2/c1-20-3-7-22(8-4-20)24-11-13-26(17-24)28-15-16-29(19-28)27-14-12-25(18-27)23-9-5-21(2)6-10-23;1-12-3-7-14(8-4-12)16-11-17(19-18-16)15-9-5-13(2)6-10-15/h3-16H,17-19H2,1-2H3;3-10H,11H2,1-2H3. The normalized spacial score (nSPS) is 16.6. The van der Waals surface area contributed by atoms with Gasteiger partial charge in [0.05, 0.1) is 11.4 Å². The van der Waals surface area contributed by atoms with Crippen molar-refractivity contribution < 1.29 is 0 Å². The van der Waals surface area contributed by atoms with E-state index in [4.69, 9.17) is 0 Å². The molecule has 0 aromatic heterocycles. The van der Waals surface area contributed by atoms with Crippen LogP contribution in [0.25, 0.3) is 11.1 Å². The maximum atomic E-state index is 4.32. The lowest BCUT2D eigenvalue weighted by Crippen LogP contribution is -2.05. The molecular formula is C46H42N2. The predicted octanol–water partition coefficient (Wildman–Crippen LogP) is 11.6. The first-order valence-corrected chi connectivity index (χ1v) is 17.0. The van der Waals surface area contributed by atoms with Gasteiger partial charge in [0.2, 0.25) is 0 Å². The number of rotatable bonds is 6. The van der Waals surface area contributed by atoms with Gasteiger partial charge in [0.1, 0.15) is 0 Å². The first-order chi connectivity index (χ1) is 23.4. The molecule has 0 spiro atoms. The molecule has 3 aliphatic carbocycles. The van der Waals surface area contributed by atoms with Crippen LogP contribution in [0.4, 0.5) is 0 Å². The Morgan fingerprint density at radius 3 is 0.854 bits per heavy atom. The lowest BCUT2D eigenvalue weighted by Gasteiger charge is -2.11. The average Bonchev–Trinajstić information content (AvgIpc) is 3.93. The van der Waals surface area contributed by atoms with E-state index in [1.807, 2.05) is 0 Å². The van der Waals surface area contributed by atoms with Gasteiger partial charge < -0.3 is 0 Å². The lowest BCUT2D eigenvalue weighted by atomic mass is 9.93. The van der Waals surface area contributed by atoms with Gasteiger partial charge in [0.15, 0.2) is 0 Å². The van der Waals surface area contributed by atoms with Gasteiger partial charge in [0, 0.05) is 6.42 Å². The topological polar surface area (TPSA) is 24.7 Å². The number of nitrogens with zero attached hydrogens (tertiary/aromatic N) is 2. The lowest BCUT2D eigenvalue weighted by molar-refractivity contribution is 1.11. The van der Waals surface area contributed by atoms with Gasteiger partial charge in [-0.15, -0.1) is 0 Å². The minimum absolute atomic E-state index is 0.812. The summed E-state index contributed by atoms with van der Waals surface area (Å²) in [6.07, 6.45) is 17.8. The molecule has 1 heterocycles. The maximum absolute atomic E-state index is 4.32. The third-order valence-electron chi connectivity index (χ3n) is 9.67. The minimum atomic E-state index is 0.812. The zero-order chi connectivity index (χ0) is 33.0. The Balaban J connectivity index is 0.000000166. The molecule has 236 valence electrons. The summed E-state index contributed by atoms with van der Waals surface area (Å²) in [4.78, 5) is 0. The molecule has 0 atom stereocenters. The van der Waals surface area contributed by atoms with Crippen molar-refractivity contribution in [2.75, 3.05) is 0 Å². The van der Waals surface area contributed by atoms with Gasteiger partial charge in [0.25, 0.3) is 0 Å². The number of hydrogen-bond acceptors (Lipinski definition) is 2. The molecular weight excluding hydrogens is 581 g/mol. The van der Waals surface area contributed by atoms with Crippen molar-refractivity contribution in [3.05, 3.63) is 200 Å². The second kappa shape index (κ2) is 13.8. The van der Waals surface area contributed by atoms with Crippen molar-refractivity contribution in [1.82, 2.24) is 0 Å². The highest BCUT2D eigenvalue weighted by atomic mass is 15.2. The van der Waals surface area contributed by atoms with Crippen molar-refractivity contribution in [3.8, 4) is 0 Å². The Hall–Kier alpha value is -5.34. The Labute approximate surface area is 285 Å². The SMILES string of the molecule is Cc1ccc(C2=CC=C(C3=CC=C(C4=CC=C(c5ccc(C)cc5)C4)C3)C2)cc1.Cc1ccc(C2=NN=C(c3ccc(C)cc3)C2)cc1. The van der Waals surface area contributed by atoms with Gasteiger partial charge in [-0.2, -0.15) is 10.2 Å². The molecule has 0 bridgehead atoms. The first-order valence-electron chi connectivity index (χ1n) is 17.0. The number of hydrogen-bond donors (Lipinski definition) is 0. The van der Waals surface area contributed by atoms with Gasteiger partial charge in [-0.05, 0) is 103 Å². The highest BCUT2D eigenvalue weighted by molar-refractivity contribution is 6.20. The van der Waals surface area contributed by atoms with E-state index >= 15 is 0 Å². The van der Waals surface area contributed by atoms with Crippen molar-refractivity contribution >= 4 is 22.6 Å². The van der Waals surface area contributed by atoms with Crippen LogP contribution in [0, 0.1) is 27.7 Å². The fraction of sp³-hybridized carbons (Fsp3) is 0.174. The first kappa shape index (κ1) is 31.3. The van der Waals surface area contributed by atoms with Gasteiger partial charge >= 0.3 is 0 Å². The molecule has 0 saturated carbocycles. The molecule has 0 radical (unpaired) electrons. The summed E-state index contributed by atoms with van der Waals surface area (Å²) in [7, 11) is 0. The maximum Gasteiger partial charge on any atom is 0.0763 e. The van der Waals surface area contributed by atoms with Gasteiger partial charge in [-0.25, -0.2) is 0 Å². The fourth-order valence-electron chi connectivity index (χ4n) is 6.55. The Bertz CT molecular complexity index is 1930. The molecule has 8 rings (SSSR count). The van der Waals surface area contributed by atoms with Crippen molar-refractivity contribution in [1.29, 1.82) is 0 Å². The number of benzene rings is 4. The van der Waals surface area contributed by atoms with Crippen LogP contribution in [0.5, 0.6) is 0 Å². The summed E-state index contributed by atoms with van der Waals surface area (Å²) in [6.45, 7) is 8.47. The molecule has 0 fully saturated rings. The van der Waals surface area contributed by atoms with E-state index in [2.05, 4.69) is 171 Å². The number of aryl methyl sites for hydroxylation is 4. The second-order valence-electron chi connectivity index (χ2n) is 13.4. The van der Waals surface area contributed by atoms with Crippen LogP contribution >= 0.6 is 0 Å². The molecule has 0 saturated heterocycles. The van der Waals surface area contributed by atoms with Crippen LogP contribution in [-0.4, -0.2) is 11.4 Å². The number of allylic oxidation sites excluding steroid dienone is 12. The molecule has 4 aliphatic rings. The highest BCUT2D eigenvalue weighted by Crippen LogP contribution is 2.41. The molecule has 0 N–H and O–H groups in total. The van der Waals surface area contributed by atoms with E-state index in [1.165, 1.54) is 66.8 Å². The molecule has 48 heavy (non-hydrogen) atoms. The summed E-state index contributed by atoms with van der Waals surface area (Å²) < 4.78 is 0. The van der Waals surface area contributed by atoms with Crippen molar-refractivity contribution in [2.45, 2.75) is 53.4 Å². The predicted molar refractivity (Wildman–Crippen MR) is 205 cm³/mol. The molecule has 0 unspecified atom stereocenters. The average molecular weight is 623 g/mol. The van der Waals surface area contributed by atoms with Crippen LogP contribution in [0.15, 0.2) is 166 Å². The van der Waals surface area contributed by atoms with E-state index in [-0.39, 0.29) is 0 Å². The summed E-state index contributed by atoms with van der Waals surface area (Å²) in [5, 5.41) is 8.64. The molecule has 0 amide bonds. The molecule has 4 aromatic carbocycles. The Morgan fingerprint density at radius 1 is 0.292 bits per heavy atom. The highest BCUT2D eigenvalue weighted by Gasteiger charge is 2.21. The summed E-state index contributed by atoms with van der Waals surface area (Å²) in [5.74, 6) is 0. The van der Waals surface area contributed by atoms with Crippen molar-refractivity contribution in [3.63, 3.8) is 0 Å². The van der Waals surface area contributed by atoms with Crippen LogP contribution in [-0.2, 0) is 0 Å². The van der Waals surface area contributed by atoms with Gasteiger partial charge in [-0.3, -0.25) is 0 Å². The smallest absolute Gasteiger partial charge is 0.0763 e. The monoisotopic (exact) mass is 622 g/mol. The quantitative estimate of drug-likeness (QED) is 0.204. The summed E-state index contributed by atoms with van der Waals surface area (Å²) in [5.41, 5.74) is 21.0. The fourth-order valence-corrected chi connectivity index (χ4v) is 6.55. The Morgan fingerprint density at radius 2 is 0.542 bits per heavy atom. The van der Waals surface area contributed by atoms with Crippen LogP contribution in [0.2, 0.25) is 0 Å². The van der Waals surface area contributed by atoms with E-state index in [1.54, 1.807) is 0 Å². The molecule has 4 aromatic rings. The third-order valence-corrected chi connectivity index (χ3v) is 9.67. The zero-order valence-corrected chi connectivity index (χ0v) is 28.4. The zero-order valence-electron chi connectivity index (χ0n) is 28.4. The molecule has 2 heteroatoms. The van der Waals surface area contributed by atoms with Crippen LogP contribution in [0.1, 0.15) is 70.2 Å². The minimum Gasteiger partial charge on any atom is -0.154 e. The van der Waals surface area contributed by atoms with E-state index in [0.29, 0.717) is 0 Å². The third kappa shape index (κ3) is 7.14. The molecule has 1 aliphatic heterocycles. The Kier molecular flexibility index (Phi) is 8.99. The van der Waals surface area contributed by atoms with Crippen LogP contribution in [0.3, 0.4) is 0 Å². The summed E-state index contributed by atoms with van der Waals surface area (Å²) >= 11 is 0. The van der Waals surface area contributed by atoms with Crippen LogP contribution < -0.4 is 0 Å². The second-order valence-corrected chi connectivity index (χ2v) is 13.4. The van der Waals surface area contributed by atoms with Crippen molar-refractivity contribution in [2.24, 2.45) is 10.2 Å². The van der Waals surface area contributed by atoms with E-state index in [0.717, 1.165) is 48.2 Å². The van der Waals surface area contributed by atoms with E-state index < -0.39 is 0 Å². The molecule has 2 nitrogen and oxygen atoms in total. The van der Waals surface area contributed by atoms with Gasteiger partial charge in [-0.1, -0.05) is 156 Å². The van der Waals surface area contributed by atoms with E-state index in [9.17, 15) is 0 Å².